The number of rotatable bonds is 0. The second-order valence-electron chi connectivity index (χ2n) is 4.61. The van der Waals surface area contributed by atoms with E-state index >= 15 is 0 Å². The summed E-state index contributed by atoms with van der Waals surface area (Å²) in [5.74, 6) is 0.162. The molecule has 0 aromatic carbocycles. The Kier molecular flexibility index (Phi) is 1.23. The van der Waals surface area contributed by atoms with Crippen LogP contribution in [0.4, 0.5) is 0 Å². The highest BCUT2D eigenvalue weighted by Crippen LogP contribution is 2.58. The summed E-state index contributed by atoms with van der Waals surface area (Å²) in [5.41, 5.74) is -0.926. The van der Waals surface area contributed by atoms with Gasteiger partial charge in [0.1, 0.15) is 6.10 Å². The molecule has 3 aliphatic rings. The Balaban J connectivity index is 2.14. The summed E-state index contributed by atoms with van der Waals surface area (Å²) in [6.07, 6.45) is 0.916. The largest absolute Gasteiger partial charge is 0.387 e. The van der Waals surface area contributed by atoms with Crippen LogP contribution in [0.3, 0.4) is 0 Å². The van der Waals surface area contributed by atoms with Crippen LogP contribution in [-0.2, 0) is 14.3 Å². The number of fused-ring (bicyclic) bond motifs is 1. The van der Waals surface area contributed by atoms with E-state index < -0.39 is 21.8 Å². The number of hydrogen-bond acceptors (Lipinski definition) is 4. The maximum absolute atomic E-state index is 11.4. The predicted octanol–water partition coefficient (Wildman–Crippen LogP) is -0.126. The second-order valence-corrected chi connectivity index (χ2v) is 6.39. The van der Waals surface area contributed by atoms with Crippen molar-refractivity contribution >= 4 is 10.1 Å². The maximum Gasteiger partial charge on any atom is 0.270 e. The van der Waals surface area contributed by atoms with Crippen LogP contribution in [0.1, 0.15) is 19.8 Å². The highest BCUT2D eigenvalue weighted by atomic mass is 32.2. The smallest absolute Gasteiger partial charge is 0.270 e. The van der Waals surface area contributed by atoms with Crippen molar-refractivity contribution in [2.24, 2.45) is 11.8 Å². The fraction of sp³-hybridized carbons (Fsp3) is 1.00. The predicted molar refractivity (Wildman–Crippen MR) is 44.4 cm³/mol. The highest BCUT2D eigenvalue weighted by Gasteiger charge is 2.68. The van der Waals surface area contributed by atoms with Crippen molar-refractivity contribution in [3.8, 4) is 0 Å². The minimum absolute atomic E-state index is 0.0463. The molecule has 0 radical (unpaired) electrons. The molecule has 1 N–H and O–H groups in total. The number of hydrogen-bond donors (Lipinski definition) is 1. The van der Waals surface area contributed by atoms with Crippen molar-refractivity contribution in [1.29, 1.82) is 0 Å². The molecular formula is C8H12O4S. The SMILES string of the molecule is CC1(O)C2CC3C1OS(=O)(=O)C3C2. The van der Waals surface area contributed by atoms with Gasteiger partial charge in [0.25, 0.3) is 10.1 Å². The third-order valence-electron chi connectivity index (χ3n) is 3.95. The lowest BCUT2D eigenvalue weighted by molar-refractivity contribution is -0.0639. The van der Waals surface area contributed by atoms with Gasteiger partial charge in [-0.1, -0.05) is 0 Å². The normalized spacial score (nSPS) is 61.7. The molecule has 3 fully saturated rings. The molecule has 0 spiro atoms. The van der Waals surface area contributed by atoms with Gasteiger partial charge >= 0.3 is 0 Å². The molecule has 0 aromatic rings. The number of aliphatic hydroxyl groups is 1. The molecular weight excluding hydrogens is 192 g/mol. The molecule has 2 bridgehead atoms. The highest BCUT2D eigenvalue weighted by molar-refractivity contribution is 7.87. The summed E-state index contributed by atoms with van der Waals surface area (Å²) < 4.78 is 27.8. The Morgan fingerprint density at radius 1 is 1.46 bits per heavy atom. The molecule has 1 saturated heterocycles. The minimum atomic E-state index is -3.36. The lowest BCUT2D eigenvalue weighted by atomic mass is 9.83. The lowest BCUT2D eigenvalue weighted by Crippen LogP contribution is -2.44. The van der Waals surface area contributed by atoms with E-state index in [1.165, 1.54) is 0 Å². The lowest BCUT2D eigenvalue weighted by Gasteiger charge is -2.30. The first-order valence-corrected chi connectivity index (χ1v) is 6.04. The Morgan fingerprint density at radius 2 is 2.15 bits per heavy atom. The van der Waals surface area contributed by atoms with E-state index in [9.17, 15) is 13.5 Å². The zero-order valence-corrected chi connectivity index (χ0v) is 8.12. The fourth-order valence-electron chi connectivity index (χ4n) is 3.21. The van der Waals surface area contributed by atoms with Crippen molar-refractivity contribution in [2.45, 2.75) is 36.7 Å². The average Bonchev–Trinajstić information content (AvgIpc) is 2.54. The zero-order chi connectivity index (χ0) is 9.43. The molecule has 5 unspecified atom stereocenters. The molecule has 5 heteroatoms. The molecule has 2 aliphatic carbocycles. The van der Waals surface area contributed by atoms with E-state index in [2.05, 4.69) is 0 Å². The molecule has 5 atom stereocenters. The van der Waals surface area contributed by atoms with Crippen molar-refractivity contribution < 1.29 is 17.7 Å². The third kappa shape index (κ3) is 0.765. The van der Waals surface area contributed by atoms with Gasteiger partial charge < -0.3 is 5.11 Å². The molecule has 1 heterocycles. The van der Waals surface area contributed by atoms with Crippen LogP contribution in [0.15, 0.2) is 0 Å². The molecule has 0 aromatic heterocycles. The average molecular weight is 204 g/mol. The van der Waals surface area contributed by atoms with Gasteiger partial charge in [0.2, 0.25) is 0 Å². The quantitative estimate of drug-likeness (QED) is 0.558. The van der Waals surface area contributed by atoms with Crippen molar-refractivity contribution in [3.63, 3.8) is 0 Å². The van der Waals surface area contributed by atoms with E-state index in [1.807, 2.05) is 0 Å². The Bertz CT molecular complexity index is 358. The zero-order valence-electron chi connectivity index (χ0n) is 7.30. The summed E-state index contributed by atoms with van der Waals surface area (Å²) in [6.45, 7) is 1.69. The van der Waals surface area contributed by atoms with Crippen LogP contribution in [0.2, 0.25) is 0 Å². The third-order valence-corrected chi connectivity index (χ3v) is 5.71. The monoisotopic (exact) mass is 204 g/mol. The molecule has 3 rings (SSSR count). The molecule has 0 amide bonds. The first kappa shape index (κ1) is 8.20. The van der Waals surface area contributed by atoms with Crippen LogP contribution in [0, 0.1) is 11.8 Å². The van der Waals surface area contributed by atoms with Crippen LogP contribution in [-0.4, -0.2) is 30.5 Å². The van der Waals surface area contributed by atoms with Crippen molar-refractivity contribution in [2.75, 3.05) is 0 Å². The van der Waals surface area contributed by atoms with Crippen LogP contribution in [0.25, 0.3) is 0 Å². The Morgan fingerprint density at radius 3 is 2.69 bits per heavy atom. The molecule has 4 nitrogen and oxygen atoms in total. The van der Waals surface area contributed by atoms with E-state index in [1.54, 1.807) is 6.92 Å². The first-order valence-electron chi connectivity index (χ1n) is 4.57. The molecule has 2 saturated carbocycles. The maximum atomic E-state index is 11.4. The molecule has 13 heavy (non-hydrogen) atoms. The van der Waals surface area contributed by atoms with Gasteiger partial charge in [0, 0.05) is 5.92 Å². The Labute approximate surface area is 77.0 Å². The van der Waals surface area contributed by atoms with Crippen LogP contribution in [0.5, 0.6) is 0 Å². The second kappa shape index (κ2) is 1.94. The minimum Gasteiger partial charge on any atom is -0.387 e. The summed E-state index contributed by atoms with van der Waals surface area (Å²) in [7, 11) is -3.36. The van der Waals surface area contributed by atoms with Gasteiger partial charge in [-0.05, 0) is 25.7 Å². The van der Waals surface area contributed by atoms with E-state index in [0.29, 0.717) is 6.42 Å². The van der Waals surface area contributed by atoms with E-state index in [-0.39, 0.29) is 17.1 Å². The van der Waals surface area contributed by atoms with Gasteiger partial charge in [0.05, 0.1) is 10.9 Å². The molecule has 1 aliphatic heterocycles. The topological polar surface area (TPSA) is 63.6 Å². The van der Waals surface area contributed by atoms with Gasteiger partial charge in [-0.15, -0.1) is 0 Å². The first-order chi connectivity index (χ1) is 5.93. The van der Waals surface area contributed by atoms with E-state index in [4.69, 9.17) is 4.18 Å². The van der Waals surface area contributed by atoms with Gasteiger partial charge in [0.15, 0.2) is 0 Å². The van der Waals surface area contributed by atoms with E-state index in [0.717, 1.165) is 6.42 Å². The van der Waals surface area contributed by atoms with Crippen molar-refractivity contribution in [3.05, 3.63) is 0 Å². The molecule has 74 valence electrons. The van der Waals surface area contributed by atoms with Crippen LogP contribution >= 0.6 is 0 Å². The fourth-order valence-corrected chi connectivity index (χ4v) is 5.13. The Hall–Kier alpha value is -0.130. The van der Waals surface area contributed by atoms with Gasteiger partial charge in [-0.3, -0.25) is 4.18 Å². The van der Waals surface area contributed by atoms with Crippen LogP contribution < -0.4 is 0 Å². The summed E-state index contributed by atoms with van der Waals surface area (Å²) in [5, 5.41) is 9.68. The summed E-state index contributed by atoms with van der Waals surface area (Å²) >= 11 is 0. The summed E-state index contributed by atoms with van der Waals surface area (Å²) in [4.78, 5) is 0. The van der Waals surface area contributed by atoms with Crippen molar-refractivity contribution in [1.82, 2.24) is 0 Å². The summed E-state index contributed by atoms with van der Waals surface area (Å²) in [6, 6.07) is 0. The van der Waals surface area contributed by atoms with Gasteiger partial charge in [-0.2, -0.15) is 8.42 Å². The standard InChI is InChI=1S/C8H12O4S/c1-8(9)4-2-5-6(3-4)13(10,11)12-7(5)8/h4-7,9H,2-3H2,1H3. The van der Waals surface area contributed by atoms with Gasteiger partial charge in [-0.25, -0.2) is 0 Å².